The maximum absolute atomic E-state index is 11.9. The number of sulfonamides is 1. The lowest BCUT2D eigenvalue weighted by atomic mass is 10.1. The molecule has 0 fully saturated rings. The molecule has 7 heteroatoms. The van der Waals surface area contributed by atoms with Gasteiger partial charge in [0.05, 0.1) is 13.2 Å². The van der Waals surface area contributed by atoms with Crippen molar-refractivity contribution in [2.45, 2.75) is 31.5 Å². The zero-order valence-corrected chi connectivity index (χ0v) is 13.5. The number of hydrogen-bond donors (Lipinski definition) is 1. The molecule has 0 aromatic carbocycles. The van der Waals surface area contributed by atoms with Crippen LogP contribution in [0.5, 0.6) is 0 Å². The average Bonchev–Trinajstić information content (AvgIpc) is 2.83. The summed E-state index contributed by atoms with van der Waals surface area (Å²) >= 11 is 0. The molecule has 0 radical (unpaired) electrons. The maximum Gasteiger partial charge on any atom is 0.275 e. The molecule has 0 aliphatic carbocycles. The second kappa shape index (κ2) is 7.21. The van der Waals surface area contributed by atoms with Gasteiger partial charge in [0.15, 0.2) is 0 Å². The van der Waals surface area contributed by atoms with Crippen LogP contribution in [0.25, 0.3) is 0 Å². The van der Waals surface area contributed by atoms with E-state index in [9.17, 15) is 8.42 Å². The lowest BCUT2D eigenvalue weighted by molar-refractivity contribution is 0.145. The molecule has 1 unspecified atom stereocenters. The molecule has 116 valence electrons. The van der Waals surface area contributed by atoms with Gasteiger partial charge in [-0.05, 0) is 18.1 Å². The Morgan fingerprint density at radius 2 is 2.00 bits per heavy atom. The second-order valence-electron chi connectivity index (χ2n) is 5.19. The summed E-state index contributed by atoms with van der Waals surface area (Å²) in [5.41, 5.74) is 0. The van der Waals surface area contributed by atoms with Crippen LogP contribution >= 0.6 is 0 Å². The molecular formula is C13H24N2O4S. The second-order valence-corrected chi connectivity index (χ2v) is 7.28. The molecule has 1 aromatic rings. The number of hydrogen-bond acceptors (Lipinski definition) is 5. The molecule has 0 aliphatic rings. The van der Waals surface area contributed by atoms with Crippen molar-refractivity contribution in [1.29, 1.82) is 0 Å². The molecule has 1 atom stereocenters. The highest BCUT2D eigenvalue weighted by Gasteiger charge is 2.21. The van der Waals surface area contributed by atoms with Gasteiger partial charge < -0.3 is 14.5 Å². The quantitative estimate of drug-likeness (QED) is 0.783. The Hall–Kier alpha value is -0.890. The Balaban J connectivity index is 2.70. The van der Waals surface area contributed by atoms with Crippen LogP contribution < -0.4 is 5.32 Å². The molecule has 0 spiro atoms. The predicted molar refractivity (Wildman–Crippen MR) is 76.9 cm³/mol. The first-order valence-electron chi connectivity index (χ1n) is 6.52. The van der Waals surface area contributed by atoms with Gasteiger partial charge in [-0.3, -0.25) is 0 Å². The van der Waals surface area contributed by atoms with Crippen molar-refractivity contribution >= 4 is 10.0 Å². The lowest BCUT2D eigenvalue weighted by Gasteiger charge is -2.20. The van der Waals surface area contributed by atoms with Gasteiger partial charge in [-0.2, -0.15) is 0 Å². The first kappa shape index (κ1) is 17.2. The summed E-state index contributed by atoms with van der Waals surface area (Å²) in [5.74, 6) is 1.00. The van der Waals surface area contributed by atoms with E-state index in [0.717, 1.165) is 4.31 Å². The molecule has 20 heavy (non-hydrogen) atoms. The number of methoxy groups -OCH3 is 1. The molecule has 0 saturated heterocycles. The van der Waals surface area contributed by atoms with Crippen LogP contribution in [0.4, 0.5) is 0 Å². The number of nitrogens with zero attached hydrogens (tertiary/aromatic N) is 1. The van der Waals surface area contributed by atoms with Crippen molar-refractivity contribution < 1.29 is 17.6 Å². The highest BCUT2D eigenvalue weighted by molar-refractivity contribution is 7.88. The van der Waals surface area contributed by atoms with E-state index in [1.165, 1.54) is 20.2 Å². The number of nitrogens with one attached hydrogen (secondary N) is 1. The van der Waals surface area contributed by atoms with E-state index in [2.05, 4.69) is 19.2 Å². The van der Waals surface area contributed by atoms with Crippen molar-refractivity contribution in [3.63, 3.8) is 0 Å². The van der Waals surface area contributed by atoms with E-state index < -0.39 is 10.0 Å². The zero-order valence-electron chi connectivity index (χ0n) is 12.7. The fourth-order valence-electron chi connectivity index (χ4n) is 1.67. The minimum Gasteiger partial charge on any atom is -0.447 e. The monoisotopic (exact) mass is 304 g/mol. The largest absolute Gasteiger partial charge is 0.447 e. The smallest absolute Gasteiger partial charge is 0.275 e. The molecule has 1 rings (SSSR count). The van der Waals surface area contributed by atoms with Crippen LogP contribution in [0.3, 0.4) is 0 Å². The maximum atomic E-state index is 11.9. The Morgan fingerprint density at radius 3 is 2.50 bits per heavy atom. The summed E-state index contributed by atoms with van der Waals surface area (Å²) < 4.78 is 35.4. The van der Waals surface area contributed by atoms with Crippen molar-refractivity contribution in [2.24, 2.45) is 5.92 Å². The normalized spacial score (nSPS) is 14.2. The molecular weight excluding hydrogens is 280 g/mol. The predicted octanol–water partition coefficient (Wildman–Crippen LogP) is 1.29. The Kier molecular flexibility index (Phi) is 6.19. The van der Waals surface area contributed by atoms with E-state index in [1.807, 2.05) is 0 Å². The van der Waals surface area contributed by atoms with Crippen molar-refractivity contribution in [1.82, 2.24) is 9.62 Å². The number of ether oxygens (including phenoxy) is 1. The van der Waals surface area contributed by atoms with E-state index in [-0.39, 0.29) is 11.1 Å². The van der Waals surface area contributed by atoms with Crippen LogP contribution in [0, 0.1) is 5.92 Å². The van der Waals surface area contributed by atoms with Gasteiger partial charge in [-0.15, -0.1) is 0 Å². The first-order valence-corrected chi connectivity index (χ1v) is 7.96. The SMILES string of the molecule is COCC(NCc1ccc(S(=O)(=O)N(C)C)o1)C(C)C. The van der Waals surface area contributed by atoms with Crippen LogP contribution in [0.1, 0.15) is 19.6 Å². The van der Waals surface area contributed by atoms with Crippen LogP contribution in [0.15, 0.2) is 21.6 Å². The van der Waals surface area contributed by atoms with Gasteiger partial charge in [-0.1, -0.05) is 13.8 Å². The highest BCUT2D eigenvalue weighted by atomic mass is 32.2. The molecule has 1 N–H and O–H groups in total. The molecule has 0 amide bonds. The summed E-state index contributed by atoms with van der Waals surface area (Å²) in [6.07, 6.45) is 0. The molecule has 1 heterocycles. The molecule has 0 aliphatic heterocycles. The van der Waals surface area contributed by atoms with E-state index in [1.54, 1.807) is 13.2 Å². The van der Waals surface area contributed by atoms with Crippen molar-refractivity contribution in [3.8, 4) is 0 Å². The van der Waals surface area contributed by atoms with E-state index in [4.69, 9.17) is 9.15 Å². The van der Waals surface area contributed by atoms with Gasteiger partial charge in [-0.25, -0.2) is 12.7 Å². The van der Waals surface area contributed by atoms with Gasteiger partial charge in [0, 0.05) is 27.2 Å². The summed E-state index contributed by atoms with van der Waals surface area (Å²) in [7, 11) is 1.10. The Bertz CT molecular complexity index is 508. The minimum atomic E-state index is -3.51. The summed E-state index contributed by atoms with van der Waals surface area (Å²) in [6, 6.07) is 3.35. The van der Waals surface area contributed by atoms with Gasteiger partial charge in [0.2, 0.25) is 5.09 Å². The molecule has 0 bridgehead atoms. The van der Waals surface area contributed by atoms with Crippen LogP contribution in [-0.2, 0) is 21.3 Å². The molecule has 1 aromatic heterocycles. The summed E-state index contributed by atoms with van der Waals surface area (Å²) in [4.78, 5) is 0. The third-order valence-corrected chi connectivity index (χ3v) is 4.75. The van der Waals surface area contributed by atoms with Gasteiger partial charge in [0.25, 0.3) is 10.0 Å². The highest BCUT2D eigenvalue weighted by Crippen LogP contribution is 2.17. The number of furan rings is 1. The fraction of sp³-hybridized carbons (Fsp3) is 0.692. The van der Waals surface area contributed by atoms with E-state index >= 15 is 0 Å². The molecule has 0 saturated carbocycles. The lowest BCUT2D eigenvalue weighted by Crippen LogP contribution is -2.37. The third-order valence-electron chi connectivity index (χ3n) is 3.06. The summed E-state index contributed by atoms with van der Waals surface area (Å²) in [5, 5.41) is 3.27. The van der Waals surface area contributed by atoms with Gasteiger partial charge in [0.1, 0.15) is 5.76 Å². The van der Waals surface area contributed by atoms with Crippen molar-refractivity contribution in [3.05, 3.63) is 17.9 Å². The Labute approximate surface area is 121 Å². The first-order chi connectivity index (χ1) is 9.28. The third kappa shape index (κ3) is 4.31. The molecule has 6 nitrogen and oxygen atoms in total. The standard InChI is InChI=1S/C13H24N2O4S/c1-10(2)12(9-18-5)14-8-11-6-7-13(19-11)20(16,17)15(3)4/h6-7,10,12,14H,8-9H2,1-5H3. The van der Waals surface area contributed by atoms with Crippen LogP contribution in [0.2, 0.25) is 0 Å². The zero-order chi connectivity index (χ0) is 15.3. The average molecular weight is 304 g/mol. The topological polar surface area (TPSA) is 71.8 Å². The minimum absolute atomic E-state index is 0.0351. The summed E-state index contributed by atoms with van der Waals surface area (Å²) in [6.45, 7) is 5.26. The number of rotatable bonds is 8. The Morgan fingerprint density at radius 1 is 1.35 bits per heavy atom. The van der Waals surface area contributed by atoms with Crippen LogP contribution in [-0.4, -0.2) is 46.6 Å². The van der Waals surface area contributed by atoms with Crippen molar-refractivity contribution in [2.75, 3.05) is 27.8 Å². The van der Waals surface area contributed by atoms with Gasteiger partial charge >= 0.3 is 0 Å². The fourth-order valence-corrected chi connectivity index (χ4v) is 2.48. The van der Waals surface area contributed by atoms with E-state index in [0.29, 0.717) is 24.8 Å².